The van der Waals surface area contributed by atoms with Crippen molar-refractivity contribution in [2.24, 2.45) is 0 Å². The van der Waals surface area contributed by atoms with Gasteiger partial charge in [0.15, 0.2) is 0 Å². The molecule has 6 heteroatoms. The molecular formula is C14H14BrIN2OS. The number of aromatic nitrogens is 2. The molecule has 2 rings (SSSR count). The Morgan fingerprint density at radius 1 is 1.40 bits per heavy atom. The summed E-state index contributed by atoms with van der Waals surface area (Å²) in [7, 11) is 0. The van der Waals surface area contributed by atoms with Crippen molar-refractivity contribution in [3.05, 3.63) is 54.2 Å². The molecule has 2 aromatic rings. The monoisotopic (exact) mass is 464 g/mol. The van der Waals surface area contributed by atoms with E-state index in [1.54, 1.807) is 11.8 Å². The number of thioether (sulfide) groups is 1. The molecule has 0 spiro atoms. The van der Waals surface area contributed by atoms with Gasteiger partial charge in [-0.2, -0.15) is 0 Å². The summed E-state index contributed by atoms with van der Waals surface area (Å²) < 4.78 is 1.74. The van der Waals surface area contributed by atoms with Crippen molar-refractivity contribution >= 4 is 50.3 Å². The van der Waals surface area contributed by atoms with Crippen LogP contribution < -0.4 is 5.56 Å². The van der Waals surface area contributed by atoms with Crippen LogP contribution in [0.15, 0.2) is 38.4 Å². The fourth-order valence-corrected chi connectivity index (χ4v) is 4.00. The van der Waals surface area contributed by atoms with Crippen LogP contribution in [-0.2, 0) is 5.75 Å². The fourth-order valence-electron chi connectivity index (χ4n) is 1.68. The van der Waals surface area contributed by atoms with E-state index in [9.17, 15) is 4.79 Å². The van der Waals surface area contributed by atoms with Gasteiger partial charge in [0.25, 0.3) is 5.56 Å². The zero-order chi connectivity index (χ0) is 14.7. The maximum atomic E-state index is 11.9. The molecule has 0 saturated carbocycles. The van der Waals surface area contributed by atoms with E-state index in [-0.39, 0.29) is 11.5 Å². The molecule has 0 bridgehead atoms. The third-order valence-corrected chi connectivity index (χ3v) is 5.77. The van der Waals surface area contributed by atoms with Gasteiger partial charge < -0.3 is 4.98 Å². The van der Waals surface area contributed by atoms with Gasteiger partial charge in [-0.15, -0.1) is 11.8 Å². The van der Waals surface area contributed by atoms with Crippen LogP contribution in [0.3, 0.4) is 0 Å². The molecule has 0 fully saturated rings. The summed E-state index contributed by atoms with van der Waals surface area (Å²) in [6, 6.07) is 8.03. The van der Waals surface area contributed by atoms with Crippen LogP contribution >= 0.6 is 50.3 Å². The Labute approximate surface area is 144 Å². The van der Waals surface area contributed by atoms with Crippen molar-refractivity contribution in [3.8, 4) is 0 Å². The first-order valence-corrected chi connectivity index (χ1v) is 9.00. The lowest BCUT2D eigenvalue weighted by Gasteiger charge is -2.09. The summed E-state index contributed by atoms with van der Waals surface area (Å²) in [4.78, 5) is 20.5. The van der Waals surface area contributed by atoms with Crippen LogP contribution in [0.25, 0.3) is 0 Å². The van der Waals surface area contributed by atoms with Gasteiger partial charge in [0.1, 0.15) is 5.82 Å². The maximum absolute atomic E-state index is 11.9. The van der Waals surface area contributed by atoms with Crippen LogP contribution in [0.5, 0.6) is 0 Å². The van der Waals surface area contributed by atoms with Gasteiger partial charge in [-0.3, -0.25) is 4.79 Å². The molecule has 1 aromatic carbocycles. The molecule has 0 aliphatic rings. The summed E-state index contributed by atoms with van der Waals surface area (Å²) >= 11 is 7.23. The number of nitrogens with zero attached hydrogens (tertiary/aromatic N) is 1. The van der Waals surface area contributed by atoms with Crippen molar-refractivity contribution in [1.29, 1.82) is 0 Å². The van der Waals surface area contributed by atoms with E-state index in [0.717, 1.165) is 20.9 Å². The second-order valence-electron chi connectivity index (χ2n) is 4.59. The van der Waals surface area contributed by atoms with E-state index in [4.69, 9.17) is 0 Å². The highest BCUT2D eigenvalue weighted by Gasteiger charge is 2.12. The van der Waals surface area contributed by atoms with Gasteiger partial charge >= 0.3 is 0 Å². The highest BCUT2D eigenvalue weighted by atomic mass is 127. The average Bonchev–Trinajstić information content (AvgIpc) is 2.41. The molecule has 3 nitrogen and oxygen atoms in total. The average molecular weight is 465 g/mol. The third kappa shape index (κ3) is 3.85. The lowest BCUT2D eigenvalue weighted by atomic mass is 10.1. The molecule has 1 N–H and O–H groups in total. The molecule has 0 saturated heterocycles. The highest BCUT2D eigenvalue weighted by Crippen LogP contribution is 2.29. The van der Waals surface area contributed by atoms with Gasteiger partial charge in [0, 0.05) is 9.37 Å². The van der Waals surface area contributed by atoms with E-state index in [1.807, 2.05) is 24.3 Å². The van der Waals surface area contributed by atoms with Crippen LogP contribution in [-0.4, -0.2) is 9.97 Å². The summed E-state index contributed by atoms with van der Waals surface area (Å²) in [5.41, 5.74) is 0.823. The Bertz CT molecular complexity index is 672. The van der Waals surface area contributed by atoms with Gasteiger partial charge in [-0.25, -0.2) is 4.98 Å². The number of rotatable bonds is 4. The summed E-state index contributed by atoms with van der Waals surface area (Å²) in [5.74, 6) is 1.62. The Morgan fingerprint density at radius 2 is 2.10 bits per heavy atom. The minimum Gasteiger partial charge on any atom is -0.309 e. The molecule has 0 amide bonds. The number of H-pyrrole nitrogens is 1. The first-order chi connectivity index (χ1) is 9.49. The highest BCUT2D eigenvalue weighted by molar-refractivity contribution is 14.1. The van der Waals surface area contributed by atoms with Gasteiger partial charge in [0.2, 0.25) is 0 Å². The van der Waals surface area contributed by atoms with Crippen molar-refractivity contribution in [1.82, 2.24) is 9.97 Å². The van der Waals surface area contributed by atoms with Gasteiger partial charge in [0.05, 0.1) is 15.0 Å². The summed E-state index contributed by atoms with van der Waals surface area (Å²) in [5, 5.41) is 0. The van der Waals surface area contributed by atoms with Gasteiger partial charge in [-0.05, 0) is 56.6 Å². The molecule has 0 radical (unpaired) electrons. The smallest absolute Gasteiger partial charge is 0.264 e. The van der Waals surface area contributed by atoms with Crippen LogP contribution in [0.1, 0.15) is 31.3 Å². The lowest BCUT2D eigenvalue weighted by Crippen LogP contribution is -2.18. The molecule has 0 unspecified atom stereocenters. The zero-order valence-corrected chi connectivity index (χ0v) is 15.7. The third-order valence-electron chi connectivity index (χ3n) is 2.69. The Kier molecular flexibility index (Phi) is 5.68. The van der Waals surface area contributed by atoms with E-state index >= 15 is 0 Å². The van der Waals surface area contributed by atoms with Crippen molar-refractivity contribution < 1.29 is 0 Å². The fraction of sp³-hybridized carbons (Fsp3) is 0.286. The number of benzene rings is 1. The Balaban J connectivity index is 2.23. The van der Waals surface area contributed by atoms with E-state index < -0.39 is 0 Å². The number of aromatic amines is 1. The Morgan fingerprint density at radius 3 is 2.75 bits per heavy atom. The zero-order valence-electron chi connectivity index (χ0n) is 11.1. The summed E-state index contributed by atoms with van der Waals surface area (Å²) in [6.07, 6.45) is 0. The topological polar surface area (TPSA) is 45.8 Å². The van der Waals surface area contributed by atoms with Crippen LogP contribution in [0, 0.1) is 3.57 Å². The molecule has 106 valence electrons. The van der Waals surface area contributed by atoms with Crippen molar-refractivity contribution in [3.63, 3.8) is 0 Å². The van der Waals surface area contributed by atoms with E-state index in [0.29, 0.717) is 9.32 Å². The predicted octanol–water partition coefficient (Wildman–Crippen LogP) is 4.55. The number of nitrogens with one attached hydrogen (secondary N) is 1. The van der Waals surface area contributed by atoms with Crippen LogP contribution in [0.4, 0.5) is 0 Å². The first-order valence-electron chi connectivity index (χ1n) is 6.15. The normalized spacial score (nSPS) is 11.1. The SMILES string of the molecule is CC(C)c1nc(CSc2ccccc2Br)[nH]c(=O)c1I. The molecule has 0 atom stereocenters. The molecule has 1 heterocycles. The van der Waals surface area contributed by atoms with Crippen molar-refractivity contribution in [2.45, 2.75) is 30.4 Å². The predicted molar refractivity (Wildman–Crippen MR) is 95.4 cm³/mol. The summed E-state index contributed by atoms with van der Waals surface area (Å²) in [6.45, 7) is 4.10. The standard InChI is InChI=1S/C14H14BrIN2OS/c1-8(2)13-12(16)14(19)18-11(17-13)7-20-10-6-4-3-5-9(10)15/h3-6,8H,7H2,1-2H3,(H,17,18,19). The second-order valence-corrected chi connectivity index (χ2v) is 7.54. The van der Waals surface area contributed by atoms with E-state index in [1.165, 1.54) is 0 Å². The van der Waals surface area contributed by atoms with Crippen molar-refractivity contribution in [2.75, 3.05) is 0 Å². The second kappa shape index (κ2) is 7.09. The molecule has 0 aliphatic heterocycles. The van der Waals surface area contributed by atoms with Gasteiger partial charge in [-0.1, -0.05) is 26.0 Å². The quantitative estimate of drug-likeness (QED) is 0.533. The lowest BCUT2D eigenvalue weighted by molar-refractivity contribution is 0.782. The first kappa shape index (κ1) is 16.0. The number of hydrogen-bond acceptors (Lipinski definition) is 3. The largest absolute Gasteiger partial charge is 0.309 e. The molecule has 20 heavy (non-hydrogen) atoms. The Hall–Kier alpha value is -0.340. The van der Waals surface area contributed by atoms with Crippen LogP contribution in [0.2, 0.25) is 0 Å². The number of halogens is 2. The van der Waals surface area contributed by atoms with E-state index in [2.05, 4.69) is 62.3 Å². The minimum atomic E-state index is -0.0490. The minimum absolute atomic E-state index is 0.0490. The molecular weight excluding hydrogens is 451 g/mol. The maximum Gasteiger partial charge on any atom is 0.264 e. The number of hydrogen-bond donors (Lipinski definition) is 1. The molecule has 0 aliphatic carbocycles. The molecule has 1 aromatic heterocycles.